The second-order valence-electron chi connectivity index (χ2n) is 2.88. The molecule has 0 aliphatic carbocycles. The molecule has 0 aromatic rings. The molecule has 1 heterocycles. The summed E-state index contributed by atoms with van der Waals surface area (Å²) < 4.78 is 4.93. The van der Waals surface area contributed by atoms with Crippen LogP contribution in [-0.2, 0) is 4.74 Å². The van der Waals surface area contributed by atoms with Crippen LogP contribution in [0.3, 0.4) is 0 Å². The second kappa shape index (κ2) is 3.04. The molecule has 0 amide bonds. The molecule has 5 heteroatoms. The number of hydrogen-bond acceptors (Lipinski definition) is 5. The Morgan fingerprint density at radius 3 is 2.27 bits per heavy atom. The van der Waals surface area contributed by atoms with Gasteiger partial charge in [0.15, 0.2) is 6.29 Å². The summed E-state index contributed by atoms with van der Waals surface area (Å²) in [4.78, 5) is 0. The van der Waals surface area contributed by atoms with E-state index in [1.54, 1.807) is 6.92 Å². The van der Waals surface area contributed by atoms with E-state index in [2.05, 4.69) is 0 Å². The highest BCUT2D eigenvalue weighted by Crippen LogP contribution is 2.15. The molecule has 0 saturated carbocycles. The highest BCUT2D eigenvalue weighted by Gasteiger charge is 2.38. The van der Waals surface area contributed by atoms with Gasteiger partial charge in [-0.25, -0.2) is 0 Å². The van der Waals surface area contributed by atoms with E-state index in [9.17, 15) is 5.11 Å². The van der Waals surface area contributed by atoms with Gasteiger partial charge in [0.25, 0.3) is 0 Å². The van der Waals surface area contributed by atoms with Crippen LogP contribution in [0.25, 0.3) is 0 Å². The summed E-state index contributed by atoms with van der Waals surface area (Å²) in [5.74, 6) is 0. The standard InChI is InChI=1S/C6H14N2O3/c1-2-3(7)5(9)4(8)6(10)11-2/h2-6,9-10H,7-8H2,1H3. The molecule has 5 nitrogen and oxygen atoms in total. The Labute approximate surface area is 64.9 Å². The fraction of sp³-hybridized carbons (Fsp3) is 1.00. The third-order valence-electron chi connectivity index (χ3n) is 2.01. The van der Waals surface area contributed by atoms with Gasteiger partial charge in [-0.1, -0.05) is 0 Å². The summed E-state index contributed by atoms with van der Waals surface area (Å²) in [7, 11) is 0. The number of rotatable bonds is 0. The molecule has 0 radical (unpaired) electrons. The van der Waals surface area contributed by atoms with Crippen molar-refractivity contribution in [1.82, 2.24) is 0 Å². The molecule has 1 aliphatic heterocycles. The first-order valence-corrected chi connectivity index (χ1v) is 3.57. The summed E-state index contributed by atoms with van der Waals surface area (Å²) in [5.41, 5.74) is 10.9. The van der Waals surface area contributed by atoms with E-state index in [0.717, 1.165) is 0 Å². The molecule has 1 aliphatic rings. The van der Waals surface area contributed by atoms with Crippen LogP contribution in [0, 0.1) is 0 Å². The lowest BCUT2D eigenvalue weighted by atomic mass is 9.97. The lowest BCUT2D eigenvalue weighted by Crippen LogP contribution is -2.63. The molecule has 1 rings (SSSR count). The van der Waals surface area contributed by atoms with Gasteiger partial charge in [0.2, 0.25) is 0 Å². The first kappa shape index (κ1) is 8.89. The van der Waals surface area contributed by atoms with Crippen molar-refractivity contribution < 1.29 is 14.9 Å². The maximum absolute atomic E-state index is 9.30. The minimum absolute atomic E-state index is 0.361. The minimum Gasteiger partial charge on any atom is -0.390 e. The molecule has 0 aromatic heterocycles. The average molecular weight is 162 g/mol. The Bertz CT molecular complexity index is 130. The zero-order valence-corrected chi connectivity index (χ0v) is 6.34. The second-order valence-corrected chi connectivity index (χ2v) is 2.88. The first-order chi connectivity index (χ1) is 5.04. The van der Waals surface area contributed by atoms with Crippen LogP contribution in [0.15, 0.2) is 0 Å². The molecule has 0 spiro atoms. The summed E-state index contributed by atoms with van der Waals surface area (Å²) in [6.07, 6.45) is -2.37. The van der Waals surface area contributed by atoms with Crippen LogP contribution in [0.5, 0.6) is 0 Å². The van der Waals surface area contributed by atoms with Gasteiger partial charge in [0, 0.05) is 0 Å². The predicted octanol–water partition coefficient (Wildman–Crippen LogP) is -2.26. The number of nitrogens with two attached hydrogens (primary N) is 2. The van der Waals surface area contributed by atoms with Crippen molar-refractivity contribution in [3.8, 4) is 0 Å². The molecule has 1 fully saturated rings. The van der Waals surface area contributed by atoms with Gasteiger partial charge in [-0.15, -0.1) is 0 Å². The van der Waals surface area contributed by atoms with Gasteiger partial charge in [-0.05, 0) is 6.92 Å². The number of ether oxygens (including phenoxy) is 1. The van der Waals surface area contributed by atoms with E-state index in [-0.39, 0.29) is 6.10 Å². The molecule has 0 bridgehead atoms. The number of aliphatic hydroxyl groups is 2. The van der Waals surface area contributed by atoms with Crippen molar-refractivity contribution in [2.45, 2.75) is 37.5 Å². The smallest absolute Gasteiger partial charge is 0.172 e. The quantitative estimate of drug-likeness (QED) is 0.322. The number of aliphatic hydroxyl groups excluding tert-OH is 2. The van der Waals surface area contributed by atoms with Crippen LogP contribution in [-0.4, -0.2) is 40.8 Å². The van der Waals surface area contributed by atoms with Crippen molar-refractivity contribution in [2.24, 2.45) is 11.5 Å². The van der Waals surface area contributed by atoms with Crippen LogP contribution in [0.4, 0.5) is 0 Å². The first-order valence-electron chi connectivity index (χ1n) is 3.57. The van der Waals surface area contributed by atoms with E-state index in [0.29, 0.717) is 0 Å². The van der Waals surface area contributed by atoms with E-state index in [1.807, 2.05) is 0 Å². The van der Waals surface area contributed by atoms with Crippen molar-refractivity contribution in [2.75, 3.05) is 0 Å². The van der Waals surface area contributed by atoms with Gasteiger partial charge in [-0.3, -0.25) is 0 Å². The molecule has 1 saturated heterocycles. The fourth-order valence-corrected chi connectivity index (χ4v) is 1.10. The van der Waals surface area contributed by atoms with E-state index in [4.69, 9.17) is 21.3 Å². The molecular weight excluding hydrogens is 148 g/mol. The van der Waals surface area contributed by atoms with Crippen LogP contribution < -0.4 is 11.5 Å². The zero-order valence-electron chi connectivity index (χ0n) is 6.34. The summed E-state index contributed by atoms with van der Waals surface area (Å²) >= 11 is 0. The van der Waals surface area contributed by atoms with Crippen molar-refractivity contribution in [3.05, 3.63) is 0 Å². The van der Waals surface area contributed by atoms with Gasteiger partial charge in [0.05, 0.1) is 24.3 Å². The molecule has 5 atom stereocenters. The molecular formula is C6H14N2O3. The van der Waals surface area contributed by atoms with Gasteiger partial charge in [0.1, 0.15) is 0 Å². The van der Waals surface area contributed by atoms with Gasteiger partial charge >= 0.3 is 0 Å². The fourth-order valence-electron chi connectivity index (χ4n) is 1.10. The molecule has 66 valence electrons. The average Bonchev–Trinajstić information content (AvgIpc) is 1.97. The highest BCUT2D eigenvalue weighted by molar-refractivity contribution is 4.91. The monoisotopic (exact) mass is 162 g/mol. The molecule has 6 N–H and O–H groups in total. The Balaban J connectivity index is 2.63. The maximum Gasteiger partial charge on any atom is 0.172 e. The lowest BCUT2D eigenvalue weighted by molar-refractivity contribution is -0.202. The van der Waals surface area contributed by atoms with Gasteiger partial charge in [-0.2, -0.15) is 0 Å². The molecule has 5 unspecified atom stereocenters. The Morgan fingerprint density at radius 1 is 1.18 bits per heavy atom. The normalized spacial score (nSPS) is 52.6. The summed E-state index contributed by atoms with van der Waals surface area (Å²) in [6.45, 7) is 1.68. The van der Waals surface area contributed by atoms with E-state index >= 15 is 0 Å². The SMILES string of the molecule is CC1OC(O)C(N)C(O)C1N. The van der Waals surface area contributed by atoms with Crippen LogP contribution in [0.1, 0.15) is 6.92 Å². The predicted molar refractivity (Wildman–Crippen MR) is 38.5 cm³/mol. The van der Waals surface area contributed by atoms with Gasteiger partial charge < -0.3 is 26.4 Å². The lowest BCUT2D eigenvalue weighted by Gasteiger charge is -2.38. The third kappa shape index (κ3) is 1.52. The largest absolute Gasteiger partial charge is 0.390 e. The van der Waals surface area contributed by atoms with E-state index < -0.39 is 24.5 Å². The summed E-state index contributed by atoms with van der Waals surface area (Å²) in [6, 6.07) is -1.32. The number of hydrogen-bond donors (Lipinski definition) is 4. The summed E-state index contributed by atoms with van der Waals surface area (Å²) in [5, 5.41) is 18.4. The topological polar surface area (TPSA) is 102 Å². The van der Waals surface area contributed by atoms with Crippen molar-refractivity contribution in [3.63, 3.8) is 0 Å². The van der Waals surface area contributed by atoms with Crippen LogP contribution in [0.2, 0.25) is 0 Å². The van der Waals surface area contributed by atoms with E-state index in [1.165, 1.54) is 0 Å². The molecule has 0 aromatic carbocycles. The van der Waals surface area contributed by atoms with Crippen molar-refractivity contribution >= 4 is 0 Å². The Hall–Kier alpha value is -0.200. The minimum atomic E-state index is -1.11. The Morgan fingerprint density at radius 2 is 1.73 bits per heavy atom. The van der Waals surface area contributed by atoms with Crippen LogP contribution >= 0.6 is 0 Å². The Kier molecular flexibility index (Phi) is 2.46. The zero-order chi connectivity index (χ0) is 8.59. The molecule has 11 heavy (non-hydrogen) atoms. The third-order valence-corrected chi connectivity index (χ3v) is 2.01. The highest BCUT2D eigenvalue weighted by atomic mass is 16.6. The van der Waals surface area contributed by atoms with Crippen molar-refractivity contribution in [1.29, 1.82) is 0 Å². The maximum atomic E-state index is 9.30.